The van der Waals surface area contributed by atoms with Gasteiger partial charge in [-0.1, -0.05) is 0 Å². The van der Waals surface area contributed by atoms with Crippen molar-refractivity contribution >= 4 is 11.7 Å². The van der Waals surface area contributed by atoms with E-state index >= 15 is 0 Å². The lowest BCUT2D eigenvalue weighted by Gasteiger charge is -2.16. The first-order chi connectivity index (χ1) is 7.56. The van der Waals surface area contributed by atoms with Crippen LogP contribution < -0.4 is 4.90 Å². The molecule has 0 spiro atoms. The number of aryl methyl sites for hydroxylation is 2. The molecular weight excluding hydrogens is 202 g/mol. The summed E-state index contributed by atoms with van der Waals surface area (Å²) >= 11 is 0. The predicted octanol–water partition coefficient (Wildman–Crippen LogP) is 1.51. The third-order valence-electron chi connectivity index (χ3n) is 3.02. The van der Waals surface area contributed by atoms with Gasteiger partial charge in [0.2, 0.25) is 5.95 Å². The summed E-state index contributed by atoms with van der Waals surface area (Å²) in [7, 11) is 0. The standard InChI is InChI=1S/C12H17N3O/c1-8-6-9(2)14-12(13-8)15-5-4-11(7-15)10(3)16/h6,11H,4-5,7H2,1-3H3/t11-/m0/s1. The third-order valence-corrected chi connectivity index (χ3v) is 3.02. The number of carbonyl (C=O) groups excluding carboxylic acids is 1. The minimum Gasteiger partial charge on any atom is -0.340 e. The number of Topliss-reactive ketones (excluding diaryl/α,β-unsaturated/α-hetero) is 1. The average Bonchev–Trinajstić information content (AvgIpc) is 2.64. The van der Waals surface area contributed by atoms with Gasteiger partial charge in [-0.2, -0.15) is 0 Å². The maximum Gasteiger partial charge on any atom is 0.225 e. The average molecular weight is 219 g/mol. The van der Waals surface area contributed by atoms with Crippen molar-refractivity contribution in [3.05, 3.63) is 17.5 Å². The Labute approximate surface area is 95.7 Å². The fourth-order valence-corrected chi connectivity index (χ4v) is 2.12. The zero-order chi connectivity index (χ0) is 11.7. The van der Waals surface area contributed by atoms with Gasteiger partial charge < -0.3 is 4.90 Å². The number of carbonyl (C=O) groups is 1. The number of rotatable bonds is 2. The van der Waals surface area contributed by atoms with Crippen LogP contribution in [0.4, 0.5) is 5.95 Å². The van der Waals surface area contributed by atoms with E-state index in [1.807, 2.05) is 19.9 Å². The molecule has 0 unspecified atom stereocenters. The van der Waals surface area contributed by atoms with Gasteiger partial charge in [-0.25, -0.2) is 9.97 Å². The van der Waals surface area contributed by atoms with Crippen molar-refractivity contribution < 1.29 is 4.79 Å². The second kappa shape index (κ2) is 4.20. The van der Waals surface area contributed by atoms with E-state index in [1.54, 1.807) is 6.92 Å². The molecule has 1 atom stereocenters. The number of anilines is 1. The second-order valence-electron chi connectivity index (χ2n) is 4.49. The largest absolute Gasteiger partial charge is 0.340 e. The van der Waals surface area contributed by atoms with Gasteiger partial charge in [-0.15, -0.1) is 0 Å². The predicted molar refractivity (Wildman–Crippen MR) is 62.5 cm³/mol. The summed E-state index contributed by atoms with van der Waals surface area (Å²) in [6.45, 7) is 7.25. The molecule has 4 heteroatoms. The fraction of sp³-hybridized carbons (Fsp3) is 0.583. The SMILES string of the molecule is CC(=O)[C@H]1CCN(c2nc(C)cc(C)n2)C1. The maximum absolute atomic E-state index is 11.3. The summed E-state index contributed by atoms with van der Waals surface area (Å²) < 4.78 is 0. The molecule has 0 amide bonds. The summed E-state index contributed by atoms with van der Waals surface area (Å²) in [6, 6.07) is 1.96. The Morgan fingerprint density at radius 3 is 2.50 bits per heavy atom. The maximum atomic E-state index is 11.3. The van der Waals surface area contributed by atoms with E-state index < -0.39 is 0 Å². The molecule has 86 valence electrons. The molecular formula is C12H17N3O. The van der Waals surface area contributed by atoms with Gasteiger partial charge >= 0.3 is 0 Å². The molecule has 16 heavy (non-hydrogen) atoms. The zero-order valence-electron chi connectivity index (χ0n) is 10.0. The van der Waals surface area contributed by atoms with Crippen LogP contribution in [0.1, 0.15) is 24.7 Å². The third kappa shape index (κ3) is 2.21. The van der Waals surface area contributed by atoms with Gasteiger partial charge in [0.15, 0.2) is 0 Å². The lowest BCUT2D eigenvalue weighted by Crippen LogP contribution is -2.24. The molecule has 0 bridgehead atoms. The second-order valence-corrected chi connectivity index (χ2v) is 4.49. The van der Waals surface area contributed by atoms with Crippen molar-refractivity contribution in [2.75, 3.05) is 18.0 Å². The van der Waals surface area contributed by atoms with Crippen molar-refractivity contribution in [2.24, 2.45) is 5.92 Å². The van der Waals surface area contributed by atoms with Crippen LogP contribution in [-0.4, -0.2) is 28.8 Å². The molecule has 1 aromatic heterocycles. The summed E-state index contributed by atoms with van der Waals surface area (Å²) in [6.07, 6.45) is 0.922. The molecule has 0 aromatic carbocycles. The van der Waals surface area contributed by atoms with Crippen LogP contribution >= 0.6 is 0 Å². The lowest BCUT2D eigenvalue weighted by atomic mass is 10.1. The number of nitrogens with zero attached hydrogens (tertiary/aromatic N) is 3. The van der Waals surface area contributed by atoms with Crippen LogP contribution in [0.3, 0.4) is 0 Å². The molecule has 2 heterocycles. The molecule has 0 aliphatic carbocycles. The molecule has 1 aromatic rings. The Hall–Kier alpha value is -1.45. The van der Waals surface area contributed by atoms with E-state index in [9.17, 15) is 4.79 Å². The molecule has 4 nitrogen and oxygen atoms in total. The molecule has 1 fully saturated rings. The Morgan fingerprint density at radius 1 is 1.38 bits per heavy atom. The zero-order valence-corrected chi connectivity index (χ0v) is 10.0. The summed E-state index contributed by atoms with van der Waals surface area (Å²) in [5.41, 5.74) is 1.96. The van der Waals surface area contributed by atoms with Gasteiger partial charge in [0.25, 0.3) is 0 Å². The van der Waals surface area contributed by atoms with Gasteiger partial charge in [0.1, 0.15) is 5.78 Å². The van der Waals surface area contributed by atoms with E-state index in [0.29, 0.717) is 0 Å². The Bertz CT molecular complexity index is 396. The van der Waals surface area contributed by atoms with Crippen molar-refractivity contribution in [2.45, 2.75) is 27.2 Å². The number of ketones is 1. The highest BCUT2D eigenvalue weighted by Gasteiger charge is 2.27. The monoisotopic (exact) mass is 219 g/mol. The summed E-state index contributed by atoms with van der Waals surface area (Å²) in [5.74, 6) is 1.19. The fourth-order valence-electron chi connectivity index (χ4n) is 2.12. The van der Waals surface area contributed by atoms with Gasteiger partial charge in [0, 0.05) is 30.4 Å². The van der Waals surface area contributed by atoms with Gasteiger partial charge in [0.05, 0.1) is 0 Å². The number of aromatic nitrogens is 2. The summed E-state index contributed by atoms with van der Waals surface area (Å²) in [4.78, 5) is 22.2. The van der Waals surface area contributed by atoms with Crippen LogP contribution in [0.15, 0.2) is 6.07 Å². The van der Waals surface area contributed by atoms with Crippen LogP contribution in [0.5, 0.6) is 0 Å². The first kappa shape index (κ1) is 11.0. The van der Waals surface area contributed by atoms with Crippen LogP contribution in [0.2, 0.25) is 0 Å². The number of hydrogen-bond acceptors (Lipinski definition) is 4. The highest BCUT2D eigenvalue weighted by atomic mass is 16.1. The molecule has 0 radical (unpaired) electrons. The molecule has 2 rings (SSSR count). The Kier molecular flexibility index (Phi) is 2.90. The minimum absolute atomic E-state index is 0.157. The van der Waals surface area contributed by atoms with E-state index in [2.05, 4.69) is 14.9 Å². The van der Waals surface area contributed by atoms with Gasteiger partial charge in [-0.05, 0) is 33.3 Å². The minimum atomic E-state index is 0.157. The smallest absolute Gasteiger partial charge is 0.225 e. The van der Waals surface area contributed by atoms with Crippen molar-refractivity contribution in [1.82, 2.24) is 9.97 Å². The van der Waals surface area contributed by atoms with E-state index in [4.69, 9.17) is 0 Å². The Balaban J connectivity index is 2.17. The first-order valence-corrected chi connectivity index (χ1v) is 5.64. The lowest BCUT2D eigenvalue weighted by molar-refractivity contribution is -0.120. The normalized spacial score (nSPS) is 20.2. The van der Waals surface area contributed by atoms with E-state index in [1.165, 1.54) is 0 Å². The van der Waals surface area contributed by atoms with Crippen LogP contribution in [-0.2, 0) is 4.79 Å². The number of hydrogen-bond donors (Lipinski definition) is 0. The van der Waals surface area contributed by atoms with Gasteiger partial charge in [-0.3, -0.25) is 4.79 Å². The topological polar surface area (TPSA) is 46.1 Å². The first-order valence-electron chi connectivity index (χ1n) is 5.64. The van der Waals surface area contributed by atoms with Crippen molar-refractivity contribution in [3.63, 3.8) is 0 Å². The van der Waals surface area contributed by atoms with Crippen LogP contribution in [0.25, 0.3) is 0 Å². The molecule has 1 saturated heterocycles. The Morgan fingerprint density at radius 2 is 2.00 bits per heavy atom. The van der Waals surface area contributed by atoms with Crippen LogP contribution in [0, 0.1) is 19.8 Å². The highest BCUT2D eigenvalue weighted by Crippen LogP contribution is 2.21. The van der Waals surface area contributed by atoms with Crippen molar-refractivity contribution in [3.8, 4) is 0 Å². The molecule has 0 N–H and O–H groups in total. The molecule has 1 aliphatic heterocycles. The van der Waals surface area contributed by atoms with E-state index in [-0.39, 0.29) is 11.7 Å². The highest BCUT2D eigenvalue weighted by molar-refractivity contribution is 5.79. The molecule has 1 aliphatic rings. The quantitative estimate of drug-likeness (QED) is 0.756. The summed E-state index contributed by atoms with van der Waals surface area (Å²) in [5, 5.41) is 0. The van der Waals surface area contributed by atoms with E-state index in [0.717, 1.165) is 36.8 Å². The molecule has 0 saturated carbocycles. The van der Waals surface area contributed by atoms with Crippen molar-refractivity contribution in [1.29, 1.82) is 0 Å².